The molecule has 0 unspecified atom stereocenters. The molecule has 0 aromatic carbocycles. The Kier molecular flexibility index (Phi) is 5.05. The quantitative estimate of drug-likeness (QED) is 0.676. The van der Waals surface area contributed by atoms with E-state index in [1.54, 1.807) is 0 Å². The van der Waals surface area contributed by atoms with Gasteiger partial charge in [-0.25, -0.2) is 9.97 Å². The number of anilines is 1. The molecule has 0 spiro atoms. The van der Waals surface area contributed by atoms with Gasteiger partial charge in [0.2, 0.25) is 5.95 Å². The second-order valence-corrected chi connectivity index (χ2v) is 6.90. The first-order valence-electron chi connectivity index (χ1n) is 8.60. The lowest BCUT2D eigenvalue weighted by atomic mass is 9.78. The van der Waals surface area contributed by atoms with Gasteiger partial charge in [0.15, 0.2) is 0 Å². The summed E-state index contributed by atoms with van der Waals surface area (Å²) in [6.45, 7) is 1.85. The second kappa shape index (κ2) is 7.21. The zero-order valence-corrected chi connectivity index (χ0v) is 13.4. The van der Waals surface area contributed by atoms with Gasteiger partial charge in [0.1, 0.15) is 12.4 Å². The third kappa shape index (κ3) is 3.96. The van der Waals surface area contributed by atoms with Gasteiger partial charge in [-0.3, -0.25) is 10.1 Å². The van der Waals surface area contributed by atoms with Crippen LogP contribution in [0, 0.1) is 22.0 Å². The lowest BCUT2D eigenvalue weighted by Crippen LogP contribution is -2.40. The highest BCUT2D eigenvalue weighted by atomic mass is 16.6. The molecule has 2 aliphatic rings. The van der Waals surface area contributed by atoms with Crippen molar-refractivity contribution < 1.29 is 4.92 Å². The first kappa shape index (κ1) is 16.1. The average Bonchev–Trinajstić information content (AvgIpc) is 2.57. The maximum absolute atomic E-state index is 10.7. The van der Waals surface area contributed by atoms with Crippen LogP contribution in [-0.2, 0) is 0 Å². The molecular formula is C16H25N5O2. The predicted molar refractivity (Wildman–Crippen MR) is 88.2 cm³/mol. The van der Waals surface area contributed by atoms with Crippen LogP contribution in [0.1, 0.15) is 44.9 Å². The summed E-state index contributed by atoms with van der Waals surface area (Å²) in [4.78, 5) is 20.7. The SMILES string of the molecule is N[C@@H]1CCCC[C@H]1C[C@H]1CCCN(c2ncc([N+](=O)[O-])cn2)C1. The van der Waals surface area contributed by atoms with E-state index >= 15 is 0 Å². The largest absolute Gasteiger partial charge is 0.341 e. The molecule has 7 heteroatoms. The molecule has 1 aliphatic heterocycles. The number of hydrogen-bond donors (Lipinski definition) is 1. The monoisotopic (exact) mass is 319 g/mol. The number of hydrogen-bond acceptors (Lipinski definition) is 6. The fraction of sp³-hybridized carbons (Fsp3) is 0.750. The minimum absolute atomic E-state index is 0.0597. The van der Waals surface area contributed by atoms with Crippen LogP contribution in [0.2, 0.25) is 0 Å². The molecule has 0 bridgehead atoms. The molecule has 0 amide bonds. The summed E-state index contributed by atoms with van der Waals surface area (Å²) in [6, 6.07) is 0.356. The summed E-state index contributed by atoms with van der Waals surface area (Å²) in [5, 5.41) is 10.7. The Morgan fingerprint density at radius 1 is 1.22 bits per heavy atom. The average molecular weight is 319 g/mol. The van der Waals surface area contributed by atoms with Gasteiger partial charge in [0.05, 0.1) is 4.92 Å². The van der Waals surface area contributed by atoms with Crippen LogP contribution in [0.3, 0.4) is 0 Å². The smallest absolute Gasteiger partial charge is 0.305 e. The zero-order chi connectivity index (χ0) is 16.2. The number of nitrogens with zero attached hydrogens (tertiary/aromatic N) is 4. The molecule has 0 radical (unpaired) electrons. The minimum atomic E-state index is -0.465. The van der Waals surface area contributed by atoms with Crippen LogP contribution in [0.15, 0.2) is 12.4 Å². The lowest BCUT2D eigenvalue weighted by molar-refractivity contribution is -0.385. The van der Waals surface area contributed by atoms with E-state index < -0.39 is 4.92 Å². The Labute approximate surface area is 136 Å². The van der Waals surface area contributed by atoms with Crippen LogP contribution >= 0.6 is 0 Å². The molecule has 1 aliphatic carbocycles. The number of piperidine rings is 1. The van der Waals surface area contributed by atoms with Crippen molar-refractivity contribution in [3.05, 3.63) is 22.5 Å². The summed E-state index contributed by atoms with van der Waals surface area (Å²) in [5.74, 6) is 1.87. The highest BCUT2D eigenvalue weighted by Crippen LogP contribution is 2.32. The van der Waals surface area contributed by atoms with E-state index in [-0.39, 0.29) is 5.69 Å². The Hall–Kier alpha value is -1.76. The molecular weight excluding hydrogens is 294 g/mol. The van der Waals surface area contributed by atoms with E-state index in [2.05, 4.69) is 14.9 Å². The summed E-state index contributed by atoms with van der Waals surface area (Å²) in [5.41, 5.74) is 6.23. The van der Waals surface area contributed by atoms with Crippen molar-refractivity contribution in [3.8, 4) is 0 Å². The van der Waals surface area contributed by atoms with Crippen molar-refractivity contribution in [2.45, 2.75) is 51.0 Å². The highest BCUT2D eigenvalue weighted by Gasteiger charge is 2.28. The number of rotatable bonds is 4. The molecule has 1 aromatic rings. The van der Waals surface area contributed by atoms with Crippen LogP contribution in [0.25, 0.3) is 0 Å². The molecule has 1 saturated heterocycles. The first-order chi connectivity index (χ1) is 11.1. The molecule has 3 rings (SSSR count). The van der Waals surface area contributed by atoms with E-state index in [9.17, 15) is 10.1 Å². The number of aromatic nitrogens is 2. The third-order valence-corrected chi connectivity index (χ3v) is 5.24. The van der Waals surface area contributed by atoms with Crippen molar-refractivity contribution in [2.75, 3.05) is 18.0 Å². The van der Waals surface area contributed by atoms with Gasteiger partial charge in [-0.15, -0.1) is 0 Å². The molecule has 2 heterocycles. The predicted octanol–water partition coefficient (Wildman–Crippen LogP) is 2.51. The number of nitrogens with two attached hydrogens (primary N) is 1. The van der Waals surface area contributed by atoms with Crippen LogP contribution in [0.4, 0.5) is 11.6 Å². The van der Waals surface area contributed by atoms with E-state index in [1.807, 2.05) is 0 Å². The van der Waals surface area contributed by atoms with E-state index in [4.69, 9.17) is 5.73 Å². The molecule has 2 fully saturated rings. The van der Waals surface area contributed by atoms with Gasteiger partial charge in [-0.1, -0.05) is 12.8 Å². The summed E-state index contributed by atoms with van der Waals surface area (Å²) < 4.78 is 0. The van der Waals surface area contributed by atoms with Crippen molar-refractivity contribution in [3.63, 3.8) is 0 Å². The lowest BCUT2D eigenvalue weighted by Gasteiger charge is -2.37. The Morgan fingerprint density at radius 3 is 2.65 bits per heavy atom. The maximum Gasteiger partial charge on any atom is 0.305 e. The van der Waals surface area contributed by atoms with Crippen molar-refractivity contribution in [2.24, 2.45) is 17.6 Å². The minimum Gasteiger partial charge on any atom is -0.341 e. The molecule has 23 heavy (non-hydrogen) atoms. The highest BCUT2D eigenvalue weighted by molar-refractivity contribution is 5.34. The molecule has 126 valence electrons. The third-order valence-electron chi connectivity index (χ3n) is 5.24. The fourth-order valence-electron chi connectivity index (χ4n) is 3.97. The summed E-state index contributed by atoms with van der Waals surface area (Å²) in [7, 11) is 0. The maximum atomic E-state index is 10.7. The van der Waals surface area contributed by atoms with Crippen LogP contribution in [-0.4, -0.2) is 34.0 Å². The topological polar surface area (TPSA) is 98.2 Å². The fourth-order valence-corrected chi connectivity index (χ4v) is 3.97. The van der Waals surface area contributed by atoms with E-state index in [0.29, 0.717) is 23.8 Å². The molecule has 7 nitrogen and oxygen atoms in total. The Balaban J connectivity index is 1.60. The van der Waals surface area contributed by atoms with Crippen molar-refractivity contribution in [1.29, 1.82) is 0 Å². The molecule has 1 aromatic heterocycles. The summed E-state index contributed by atoms with van der Waals surface area (Å²) in [6.07, 6.45) is 11.1. The van der Waals surface area contributed by atoms with Crippen molar-refractivity contribution >= 4 is 11.6 Å². The second-order valence-electron chi connectivity index (χ2n) is 6.90. The standard InChI is InChI=1S/C16H25N5O2/c17-15-6-2-1-5-13(15)8-12-4-3-7-20(11-12)16-18-9-14(10-19-16)21(22)23/h9-10,12-13,15H,1-8,11,17H2/t12-,13+,15-/m1/s1. The Bertz CT molecular complexity index is 536. The van der Waals surface area contributed by atoms with Gasteiger partial charge in [-0.05, 0) is 43.9 Å². The van der Waals surface area contributed by atoms with E-state index in [0.717, 1.165) is 25.9 Å². The zero-order valence-electron chi connectivity index (χ0n) is 13.4. The van der Waals surface area contributed by atoms with Gasteiger partial charge in [-0.2, -0.15) is 0 Å². The van der Waals surface area contributed by atoms with E-state index in [1.165, 1.54) is 44.5 Å². The normalized spacial score (nSPS) is 28.6. The van der Waals surface area contributed by atoms with Crippen molar-refractivity contribution in [1.82, 2.24) is 9.97 Å². The molecule has 3 atom stereocenters. The van der Waals surface area contributed by atoms with Crippen LogP contribution < -0.4 is 10.6 Å². The molecule has 1 saturated carbocycles. The first-order valence-corrected chi connectivity index (χ1v) is 8.60. The van der Waals surface area contributed by atoms with Gasteiger partial charge in [0, 0.05) is 19.1 Å². The number of nitro groups is 1. The van der Waals surface area contributed by atoms with Gasteiger partial charge < -0.3 is 10.6 Å². The van der Waals surface area contributed by atoms with Crippen LogP contribution in [0.5, 0.6) is 0 Å². The molecule has 2 N–H and O–H groups in total. The Morgan fingerprint density at radius 2 is 1.96 bits per heavy atom. The summed E-state index contributed by atoms with van der Waals surface area (Å²) >= 11 is 0. The van der Waals surface area contributed by atoms with Gasteiger partial charge >= 0.3 is 5.69 Å². The van der Waals surface area contributed by atoms with Gasteiger partial charge in [0.25, 0.3) is 0 Å².